The number of hydrogen-bond acceptors (Lipinski definition) is 4. The second kappa shape index (κ2) is 11.6. The van der Waals surface area contributed by atoms with Crippen LogP contribution in [0.4, 0.5) is 0 Å². The van der Waals surface area contributed by atoms with Crippen molar-refractivity contribution in [1.29, 1.82) is 0 Å². The number of imidazole rings is 1. The zero-order chi connectivity index (χ0) is 27.5. The molecule has 6 rings (SSSR count). The molecule has 0 unspecified atom stereocenters. The van der Waals surface area contributed by atoms with E-state index in [4.69, 9.17) is 9.72 Å². The summed E-state index contributed by atoms with van der Waals surface area (Å²) in [6.07, 6.45) is 9.61. The SMILES string of the molecule is Cn1c(CCCC(=O)N2CCC3(CCCCc4ccccc4OC[C@@H]4CCCN4C3=O)CC2)nc2ccccc21. The van der Waals surface area contributed by atoms with Crippen LogP contribution in [-0.2, 0) is 29.5 Å². The lowest BCUT2D eigenvalue weighted by Crippen LogP contribution is -2.53. The number of aromatic nitrogens is 2. The fourth-order valence-corrected chi connectivity index (χ4v) is 7.13. The third kappa shape index (κ3) is 5.35. The standard InChI is InChI=1S/C33H42N4O3/c1-35-28-14-4-3-13-27(28)34-30(35)16-8-17-31(38)36-22-19-33(20-23-36)18-7-6-11-25-10-2-5-15-29(25)40-24-26-12-9-21-37(26)32(33)39/h2-5,10,13-15,26H,6-9,11-12,16-24H2,1H3/t26-/m0/s1. The molecular weight excluding hydrogens is 500 g/mol. The Morgan fingerprint density at radius 2 is 1.80 bits per heavy atom. The summed E-state index contributed by atoms with van der Waals surface area (Å²) >= 11 is 0. The summed E-state index contributed by atoms with van der Waals surface area (Å²) in [5.41, 5.74) is 3.05. The molecule has 0 saturated carbocycles. The van der Waals surface area contributed by atoms with Crippen molar-refractivity contribution >= 4 is 22.8 Å². The molecule has 1 spiro atoms. The predicted molar refractivity (Wildman–Crippen MR) is 156 cm³/mol. The first kappa shape index (κ1) is 26.9. The minimum atomic E-state index is -0.356. The van der Waals surface area contributed by atoms with Gasteiger partial charge in [0.1, 0.15) is 18.2 Å². The first-order chi connectivity index (χ1) is 19.5. The van der Waals surface area contributed by atoms with Crippen LogP contribution in [0.15, 0.2) is 48.5 Å². The average molecular weight is 543 g/mol. The second-order valence-corrected chi connectivity index (χ2v) is 12.0. The smallest absolute Gasteiger partial charge is 0.229 e. The number of nitrogens with zero attached hydrogens (tertiary/aromatic N) is 4. The molecule has 1 atom stereocenters. The van der Waals surface area contributed by atoms with Crippen molar-refractivity contribution in [3.8, 4) is 5.75 Å². The molecule has 2 saturated heterocycles. The monoisotopic (exact) mass is 542 g/mol. The van der Waals surface area contributed by atoms with E-state index in [1.807, 2.05) is 36.2 Å². The molecule has 0 bridgehead atoms. The highest BCUT2D eigenvalue weighted by atomic mass is 16.5. The van der Waals surface area contributed by atoms with Gasteiger partial charge in [-0.15, -0.1) is 0 Å². The van der Waals surface area contributed by atoms with Crippen LogP contribution in [0.25, 0.3) is 11.0 Å². The zero-order valence-electron chi connectivity index (χ0n) is 23.8. The normalized spacial score (nSPS) is 21.4. The molecular formula is C33H42N4O3. The topological polar surface area (TPSA) is 67.7 Å². The van der Waals surface area contributed by atoms with Gasteiger partial charge in [0.2, 0.25) is 11.8 Å². The van der Waals surface area contributed by atoms with E-state index in [0.29, 0.717) is 32.0 Å². The maximum absolute atomic E-state index is 14.1. The lowest BCUT2D eigenvalue weighted by atomic mass is 9.72. The summed E-state index contributed by atoms with van der Waals surface area (Å²) in [5.74, 6) is 2.51. The fourth-order valence-electron chi connectivity index (χ4n) is 7.13. The molecule has 4 heterocycles. The average Bonchev–Trinajstić information content (AvgIpc) is 3.58. The molecule has 2 fully saturated rings. The number of rotatable bonds is 4. The van der Waals surface area contributed by atoms with Crippen LogP contribution in [0.5, 0.6) is 5.75 Å². The third-order valence-electron chi connectivity index (χ3n) is 9.59. The minimum Gasteiger partial charge on any atom is -0.491 e. The Hall–Kier alpha value is -3.35. The molecule has 1 aromatic heterocycles. The Bertz CT molecular complexity index is 1360. The van der Waals surface area contributed by atoms with Crippen molar-refractivity contribution in [2.75, 3.05) is 26.2 Å². The van der Waals surface area contributed by atoms with Gasteiger partial charge in [-0.05, 0) is 75.1 Å². The van der Waals surface area contributed by atoms with Crippen LogP contribution in [0.3, 0.4) is 0 Å². The highest BCUT2D eigenvalue weighted by molar-refractivity contribution is 5.84. The molecule has 2 aromatic carbocycles. The highest BCUT2D eigenvalue weighted by Gasteiger charge is 2.46. The molecule has 3 aromatic rings. The van der Waals surface area contributed by atoms with Gasteiger partial charge in [-0.3, -0.25) is 9.59 Å². The van der Waals surface area contributed by atoms with Crippen molar-refractivity contribution in [3.63, 3.8) is 0 Å². The van der Waals surface area contributed by atoms with Gasteiger partial charge in [-0.25, -0.2) is 4.98 Å². The number of carbonyl (C=O) groups excluding carboxylic acids is 2. The molecule has 3 aliphatic rings. The lowest BCUT2D eigenvalue weighted by molar-refractivity contribution is -0.150. The number of hydrogen-bond donors (Lipinski definition) is 0. The minimum absolute atomic E-state index is 0.138. The number of ether oxygens (including phenoxy) is 1. The van der Waals surface area contributed by atoms with Crippen LogP contribution in [0.1, 0.15) is 69.2 Å². The lowest BCUT2D eigenvalue weighted by Gasteiger charge is -2.44. The van der Waals surface area contributed by atoms with Gasteiger partial charge < -0.3 is 19.1 Å². The van der Waals surface area contributed by atoms with E-state index in [1.165, 1.54) is 5.56 Å². The van der Waals surface area contributed by atoms with Crippen LogP contribution >= 0.6 is 0 Å². The molecule has 2 amide bonds. The van der Waals surface area contributed by atoms with Gasteiger partial charge in [0.15, 0.2) is 0 Å². The van der Waals surface area contributed by atoms with Crippen molar-refractivity contribution in [2.45, 2.75) is 76.7 Å². The Labute approximate surface area is 237 Å². The predicted octanol–water partition coefficient (Wildman–Crippen LogP) is 5.30. The van der Waals surface area contributed by atoms with E-state index in [-0.39, 0.29) is 17.4 Å². The van der Waals surface area contributed by atoms with Gasteiger partial charge >= 0.3 is 0 Å². The number of piperidine rings is 1. The van der Waals surface area contributed by atoms with Crippen molar-refractivity contribution in [3.05, 3.63) is 59.9 Å². The van der Waals surface area contributed by atoms with Gasteiger partial charge in [-0.1, -0.05) is 36.8 Å². The number of fused-ring (bicyclic) bond motifs is 3. The van der Waals surface area contributed by atoms with E-state index < -0.39 is 0 Å². The highest BCUT2D eigenvalue weighted by Crippen LogP contribution is 2.41. The summed E-state index contributed by atoms with van der Waals surface area (Å²) in [4.78, 5) is 36.2. The van der Waals surface area contributed by atoms with Crippen LogP contribution in [-0.4, -0.2) is 63.4 Å². The largest absolute Gasteiger partial charge is 0.491 e. The fraction of sp³-hybridized carbons (Fsp3) is 0.545. The zero-order valence-corrected chi connectivity index (χ0v) is 23.8. The van der Waals surface area contributed by atoms with E-state index in [9.17, 15) is 9.59 Å². The summed E-state index contributed by atoms with van der Waals surface area (Å²) in [6, 6.07) is 16.7. The van der Waals surface area contributed by atoms with E-state index in [1.54, 1.807) is 0 Å². The van der Waals surface area contributed by atoms with Crippen LogP contribution < -0.4 is 4.74 Å². The molecule has 0 N–H and O–H groups in total. The Morgan fingerprint density at radius 1 is 1.00 bits per heavy atom. The first-order valence-electron chi connectivity index (χ1n) is 15.2. The van der Waals surface area contributed by atoms with Gasteiger partial charge in [-0.2, -0.15) is 0 Å². The number of aryl methyl sites for hydroxylation is 3. The molecule has 0 aliphatic carbocycles. The van der Waals surface area contributed by atoms with Crippen molar-refractivity contribution in [1.82, 2.24) is 19.4 Å². The second-order valence-electron chi connectivity index (χ2n) is 12.0. The summed E-state index contributed by atoms with van der Waals surface area (Å²) in [7, 11) is 2.05. The number of likely N-dealkylation sites (tertiary alicyclic amines) is 1. The molecule has 7 heteroatoms. The third-order valence-corrected chi connectivity index (χ3v) is 9.59. The number of carbonyl (C=O) groups is 2. The van der Waals surface area contributed by atoms with E-state index in [0.717, 1.165) is 93.4 Å². The Kier molecular flexibility index (Phi) is 7.81. The number of para-hydroxylation sites is 3. The van der Waals surface area contributed by atoms with Gasteiger partial charge in [0.25, 0.3) is 0 Å². The van der Waals surface area contributed by atoms with Gasteiger partial charge in [0, 0.05) is 39.5 Å². The summed E-state index contributed by atoms with van der Waals surface area (Å²) in [6.45, 7) is 2.74. The van der Waals surface area contributed by atoms with E-state index in [2.05, 4.69) is 33.7 Å². The summed E-state index contributed by atoms with van der Waals surface area (Å²) < 4.78 is 8.42. The van der Waals surface area contributed by atoms with E-state index >= 15 is 0 Å². The number of amides is 2. The number of benzene rings is 2. The quantitative estimate of drug-likeness (QED) is 0.449. The van der Waals surface area contributed by atoms with Crippen LogP contribution in [0.2, 0.25) is 0 Å². The Morgan fingerprint density at radius 3 is 2.65 bits per heavy atom. The molecule has 40 heavy (non-hydrogen) atoms. The first-order valence-corrected chi connectivity index (χ1v) is 15.2. The van der Waals surface area contributed by atoms with Crippen molar-refractivity contribution < 1.29 is 14.3 Å². The van der Waals surface area contributed by atoms with Crippen LogP contribution in [0, 0.1) is 5.41 Å². The maximum Gasteiger partial charge on any atom is 0.229 e. The maximum atomic E-state index is 14.1. The van der Waals surface area contributed by atoms with Crippen molar-refractivity contribution in [2.24, 2.45) is 12.5 Å². The molecule has 212 valence electrons. The molecule has 0 radical (unpaired) electrons. The summed E-state index contributed by atoms with van der Waals surface area (Å²) in [5, 5.41) is 0. The molecule has 3 aliphatic heterocycles. The Balaban J connectivity index is 1.08. The van der Waals surface area contributed by atoms with Gasteiger partial charge in [0.05, 0.1) is 22.5 Å². The molecule has 7 nitrogen and oxygen atoms in total.